The van der Waals surface area contributed by atoms with Gasteiger partial charge in [0.05, 0.1) is 12.7 Å². The molecule has 5 heteroatoms. The van der Waals surface area contributed by atoms with E-state index in [9.17, 15) is 9.18 Å². The Balaban J connectivity index is 3.13. The second kappa shape index (κ2) is 3.79. The van der Waals surface area contributed by atoms with E-state index >= 15 is 0 Å². The minimum atomic E-state index is -0.684. The summed E-state index contributed by atoms with van der Waals surface area (Å²) < 4.78 is 17.5. The predicted octanol–water partition coefficient (Wildman–Crippen LogP) is 1.61. The number of carbonyl (C=O) groups excluding carboxylic acids is 1. The molecule has 1 heterocycles. The van der Waals surface area contributed by atoms with Gasteiger partial charge in [-0.25, -0.2) is 9.78 Å². The van der Waals surface area contributed by atoms with Crippen LogP contribution < -0.4 is 0 Å². The largest absolute Gasteiger partial charge is 0.465 e. The number of halogens is 2. The number of rotatable bonds is 1. The third-order valence-electron chi connectivity index (χ3n) is 1.23. The van der Waals surface area contributed by atoms with E-state index in [4.69, 9.17) is 0 Å². The molecule has 0 unspecified atom stereocenters. The van der Waals surface area contributed by atoms with Crippen LogP contribution in [0.5, 0.6) is 0 Å². The lowest BCUT2D eigenvalue weighted by Crippen LogP contribution is -2.05. The molecule has 64 valence electrons. The number of pyridine rings is 1. The standard InChI is InChI=1S/C7H5FINO2/c1-12-7(11)4-2-6(8)10-3-5(4)9/h2-3H,1H3. The molecule has 1 rings (SSSR count). The van der Waals surface area contributed by atoms with Crippen LogP contribution in [0.3, 0.4) is 0 Å². The molecule has 0 N–H and O–H groups in total. The van der Waals surface area contributed by atoms with Crippen LogP contribution in [0.1, 0.15) is 10.4 Å². The Morgan fingerprint density at radius 2 is 2.42 bits per heavy atom. The summed E-state index contributed by atoms with van der Waals surface area (Å²) in [6.07, 6.45) is 1.28. The van der Waals surface area contributed by atoms with Gasteiger partial charge in [-0.15, -0.1) is 0 Å². The van der Waals surface area contributed by atoms with Gasteiger partial charge >= 0.3 is 5.97 Å². The molecule has 3 nitrogen and oxygen atoms in total. The minimum absolute atomic E-state index is 0.200. The molecule has 0 bridgehead atoms. The summed E-state index contributed by atoms with van der Waals surface area (Å²) >= 11 is 1.89. The fourth-order valence-electron chi connectivity index (χ4n) is 0.680. The lowest BCUT2D eigenvalue weighted by atomic mass is 10.3. The normalized spacial score (nSPS) is 9.58. The highest BCUT2D eigenvalue weighted by Crippen LogP contribution is 2.12. The quantitative estimate of drug-likeness (QED) is 0.446. The van der Waals surface area contributed by atoms with Gasteiger partial charge in [0.1, 0.15) is 0 Å². The summed E-state index contributed by atoms with van der Waals surface area (Å²) in [7, 11) is 1.25. The Bertz CT molecular complexity index is 316. The minimum Gasteiger partial charge on any atom is -0.465 e. The summed E-state index contributed by atoms with van der Waals surface area (Å²) in [5, 5.41) is 0. The zero-order valence-electron chi connectivity index (χ0n) is 6.17. The topological polar surface area (TPSA) is 39.2 Å². The number of carbonyl (C=O) groups is 1. The summed E-state index contributed by atoms with van der Waals surface area (Å²) in [6, 6.07) is 1.05. The molecule has 0 aliphatic carbocycles. The molecule has 0 radical (unpaired) electrons. The third kappa shape index (κ3) is 1.90. The molecule has 0 aliphatic rings. The zero-order chi connectivity index (χ0) is 9.14. The number of aromatic nitrogens is 1. The van der Waals surface area contributed by atoms with Crippen LogP contribution in [-0.2, 0) is 4.74 Å². The van der Waals surface area contributed by atoms with Crippen LogP contribution in [0, 0.1) is 9.52 Å². The first kappa shape index (κ1) is 9.37. The molecule has 0 aliphatic heterocycles. The highest BCUT2D eigenvalue weighted by atomic mass is 127. The van der Waals surface area contributed by atoms with Crippen molar-refractivity contribution in [3.8, 4) is 0 Å². The Morgan fingerprint density at radius 3 is 3.00 bits per heavy atom. The van der Waals surface area contributed by atoms with Crippen LogP contribution in [0.25, 0.3) is 0 Å². The van der Waals surface area contributed by atoms with Crippen LogP contribution >= 0.6 is 22.6 Å². The SMILES string of the molecule is COC(=O)c1cc(F)ncc1I. The van der Waals surface area contributed by atoms with Crippen LogP contribution in [0.4, 0.5) is 4.39 Å². The van der Waals surface area contributed by atoms with E-state index < -0.39 is 11.9 Å². The van der Waals surface area contributed by atoms with Gasteiger partial charge in [-0.2, -0.15) is 4.39 Å². The Morgan fingerprint density at radius 1 is 1.75 bits per heavy atom. The van der Waals surface area contributed by atoms with Crippen LogP contribution in [-0.4, -0.2) is 18.1 Å². The van der Waals surface area contributed by atoms with E-state index in [1.165, 1.54) is 13.3 Å². The van der Waals surface area contributed by atoms with Gasteiger partial charge in [0.25, 0.3) is 0 Å². The lowest BCUT2D eigenvalue weighted by molar-refractivity contribution is 0.0598. The maximum absolute atomic E-state index is 12.5. The second-order valence-corrected chi connectivity index (χ2v) is 3.14. The first-order valence-electron chi connectivity index (χ1n) is 3.04. The molecular weight excluding hydrogens is 276 g/mol. The maximum Gasteiger partial charge on any atom is 0.339 e. The van der Waals surface area contributed by atoms with E-state index in [0.717, 1.165) is 6.07 Å². The van der Waals surface area contributed by atoms with Gasteiger partial charge in [0.15, 0.2) is 0 Å². The molecule has 0 atom stereocenters. The molecule has 0 amide bonds. The maximum atomic E-state index is 12.5. The van der Waals surface area contributed by atoms with Crippen molar-refractivity contribution in [3.63, 3.8) is 0 Å². The van der Waals surface area contributed by atoms with Crippen LogP contribution in [0.2, 0.25) is 0 Å². The summed E-state index contributed by atoms with van der Waals surface area (Å²) in [5.74, 6) is -1.24. The molecule has 1 aromatic rings. The highest BCUT2D eigenvalue weighted by molar-refractivity contribution is 14.1. The zero-order valence-corrected chi connectivity index (χ0v) is 8.33. The smallest absolute Gasteiger partial charge is 0.339 e. The van der Waals surface area contributed by atoms with Crippen molar-refractivity contribution < 1.29 is 13.9 Å². The van der Waals surface area contributed by atoms with Crippen molar-refractivity contribution in [1.29, 1.82) is 0 Å². The second-order valence-electron chi connectivity index (χ2n) is 1.98. The van der Waals surface area contributed by atoms with Crippen molar-refractivity contribution in [2.75, 3.05) is 7.11 Å². The van der Waals surface area contributed by atoms with Gasteiger partial charge in [0.2, 0.25) is 5.95 Å². The van der Waals surface area contributed by atoms with E-state index in [-0.39, 0.29) is 5.56 Å². The average molecular weight is 281 g/mol. The number of hydrogen-bond acceptors (Lipinski definition) is 3. The Kier molecular flexibility index (Phi) is 2.96. The van der Waals surface area contributed by atoms with Crippen molar-refractivity contribution in [1.82, 2.24) is 4.98 Å². The van der Waals surface area contributed by atoms with Crippen molar-refractivity contribution in [2.45, 2.75) is 0 Å². The first-order valence-corrected chi connectivity index (χ1v) is 4.12. The number of nitrogens with zero attached hydrogens (tertiary/aromatic N) is 1. The highest BCUT2D eigenvalue weighted by Gasteiger charge is 2.11. The number of esters is 1. The van der Waals surface area contributed by atoms with Gasteiger partial charge in [-0.1, -0.05) is 0 Å². The number of methoxy groups -OCH3 is 1. The van der Waals surface area contributed by atoms with Crippen molar-refractivity contribution in [2.24, 2.45) is 0 Å². The fourth-order valence-corrected chi connectivity index (χ4v) is 1.19. The molecule has 0 spiro atoms. The van der Waals surface area contributed by atoms with E-state index in [2.05, 4.69) is 9.72 Å². The van der Waals surface area contributed by atoms with Crippen molar-refractivity contribution >= 4 is 28.6 Å². The fraction of sp³-hybridized carbons (Fsp3) is 0.143. The molecular formula is C7H5FINO2. The van der Waals surface area contributed by atoms with Gasteiger partial charge in [-0.05, 0) is 22.6 Å². The summed E-state index contributed by atoms with van der Waals surface area (Å²) in [4.78, 5) is 14.3. The van der Waals surface area contributed by atoms with E-state index in [1.54, 1.807) is 0 Å². The summed E-state index contributed by atoms with van der Waals surface area (Å²) in [5.41, 5.74) is 0.200. The third-order valence-corrected chi connectivity index (χ3v) is 2.09. The Labute approximate surface area is 82.1 Å². The molecule has 12 heavy (non-hydrogen) atoms. The number of hydrogen-bond donors (Lipinski definition) is 0. The van der Waals surface area contributed by atoms with Gasteiger partial charge < -0.3 is 4.74 Å². The van der Waals surface area contributed by atoms with Gasteiger partial charge in [0, 0.05) is 15.8 Å². The molecule has 0 fully saturated rings. The first-order chi connectivity index (χ1) is 5.65. The molecule has 0 saturated carbocycles. The molecule has 1 aromatic heterocycles. The molecule has 0 saturated heterocycles. The van der Waals surface area contributed by atoms with Crippen molar-refractivity contribution in [3.05, 3.63) is 27.3 Å². The Hall–Kier alpha value is -0.720. The summed E-state index contributed by atoms with van der Waals surface area (Å²) in [6.45, 7) is 0. The number of ether oxygens (including phenoxy) is 1. The van der Waals surface area contributed by atoms with E-state index in [1.807, 2.05) is 22.6 Å². The van der Waals surface area contributed by atoms with Crippen LogP contribution in [0.15, 0.2) is 12.3 Å². The predicted molar refractivity (Wildman–Crippen MR) is 48.3 cm³/mol. The average Bonchev–Trinajstić information content (AvgIpc) is 2.08. The lowest BCUT2D eigenvalue weighted by Gasteiger charge is -2.00. The van der Waals surface area contributed by atoms with E-state index in [0.29, 0.717) is 3.57 Å². The van der Waals surface area contributed by atoms with Gasteiger partial charge in [-0.3, -0.25) is 0 Å². The monoisotopic (exact) mass is 281 g/mol. The molecule has 0 aromatic carbocycles.